The van der Waals surface area contributed by atoms with Crippen molar-refractivity contribution in [2.45, 2.75) is 13.8 Å². The number of benzene rings is 3. The summed E-state index contributed by atoms with van der Waals surface area (Å²) in [7, 11) is 0. The van der Waals surface area contributed by atoms with Gasteiger partial charge >= 0.3 is 0 Å². The lowest BCUT2D eigenvalue weighted by Crippen LogP contribution is -1.84. The fourth-order valence-electron chi connectivity index (χ4n) is 2.16. The van der Waals surface area contributed by atoms with Crippen LogP contribution in [0.5, 0.6) is 0 Å². The van der Waals surface area contributed by atoms with Crippen LogP contribution in [0.15, 0.2) is 78.9 Å². The summed E-state index contributed by atoms with van der Waals surface area (Å²) in [5, 5.41) is 0. The van der Waals surface area contributed by atoms with Crippen LogP contribution in [-0.4, -0.2) is 0 Å². The van der Waals surface area contributed by atoms with Crippen molar-refractivity contribution in [2.24, 2.45) is 0 Å². The van der Waals surface area contributed by atoms with Gasteiger partial charge in [-0.05, 0) is 34.4 Å². The second-order valence-corrected chi connectivity index (χ2v) is 4.57. The maximum atomic E-state index is 5.70. The molecular weight excluding hydrogens is 254 g/mol. The van der Waals surface area contributed by atoms with Crippen LogP contribution in [0.2, 0.25) is 0 Å². The number of anilines is 1. The summed E-state index contributed by atoms with van der Waals surface area (Å²) in [4.78, 5) is 0. The number of hydrogen-bond donors (Lipinski definition) is 1. The van der Waals surface area contributed by atoms with Crippen LogP contribution in [0.25, 0.3) is 22.3 Å². The minimum Gasteiger partial charge on any atom is -0.399 e. The number of nitrogens with two attached hydrogens (primary N) is 1. The van der Waals surface area contributed by atoms with Gasteiger partial charge in [0.15, 0.2) is 0 Å². The van der Waals surface area contributed by atoms with Crippen molar-refractivity contribution in [1.82, 2.24) is 0 Å². The van der Waals surface area contributed by atoms with Crippen LogP contribution in [0, 0.1) is 0 Å². The summed E-state index contributed by atoms with van der Waals surface area (Å²) >= 11 is 0. The van der Waals surface area contributed by atoms with Gasteiger partial charge in [0.1, 0.15) is 0 Å². The van der Waals surface area contributed by atoms with Gasteiger partial charge in [0.2, 0.25) is 0 Å². The summed E-state index contributed by atoms with van der Waals surface area (Å²) in [5.74, 6) is 0. The molecule has 21 heavy (non-hydrogen) atoms. The highest BCUT2D eigenvalue weighted by Gasteiger charge is 1.99. The fourth-order valence-corrected chi connectivity index (χ4v) is 2.16. The van der Waals surface area contributed by atoms with Crippen LogP contribution in [-0.2, 0) is 0 Å². The summed E-state index contributed by atoms with van der Waals surface area (Å²) in [6.07, 6.45) is 0. The topological polar surface area (TPSA) is 26.0 Å². The first-order valence-electron chi connectivity index (χ1n) is 7.34. The Morgan fingerprint density at radius 2 is 0.810 bits per heavy atom. The first-order chi connectivity index (χ1) is 10.3. The molecule has 3 aromatic carbocycles. The van der Waals surface area contributed by atoms with E-state index in [1.807, 2.05) is 44.2 Å². The third kappa shape index (κ3) is 3.73. The van der Waals surface area contributed by atoms with Crippen molar-refractivity contribution >= 4 is 5.69 Å². The van der Waals surface area contributed by atoms with Crippen LogP contribution < -0.4 is 5.73 Å². The summed E-state index contributed by atoms with van der Waals surface area (Å²) in [5.41, 5.74) is 11.4. The SMILES string of the molecule is CC.Nc1ccc(-c2ccc(-c3ccccc3)cc2)cc1. The van der Waals surface area contributed by atoms with Crippen LogP contribution in [0.4, 0.5) is 5.69 Å². The highest BCUT2D eigenvalue weighted by Crippen LogP contribution is 2.25. The minimum atomic E-state index is 0.796. The van der Waals surface area contributed by atoms with Crippen molar-refractivity contribution < 1.29 is 0 Å². The smallest absolute Gasteiger partial charge is 0.0314 e. The van der Waals surface area contributed by atoms with Gasteiger partial charge in [0, 0.05) is 5.69 Å². The molecule has 0 fully saturated rings. The molecule has 1 heteroatoms. The summed E-state index contributed by atoms with van der Waals surface area (Å²) < 4.78 is 0. The molecule has 1 nitrogen and oxygen atoms in total. The monoisotopic (exact) mass is 275 g/mol. The second kappa shape index (κ2) is 7.30. The molecule has 0 saturated carbocycles. The first-order valence-corrected chi connectivity index (χ1v) is 7.34. The maximum Gasteiger partial charge on any atom is 0.0314 e. The maximum absolute atomic E-state index is 5.70. The van der Waals surface area contributed by atoms with E-state index in [1.54, 1.807) is 0 Å². The van der Waals surface area contributed by atoms with E-state index in [0.29, 0.717) is 0 Å². The van der Waals surface area contributed by atoms with Crippen LogP contribution in [0.1, 0.15) is 13.8 Å². The molecule has 0 saturated heterocycles. The Kier molecular flexibility index (Phi) is 5.16. The van der Waals surface area contributed by atoms with Gasteiger partial charge in [0.05, 0.1) is 0 Å². The molecular formula is C20H21N. The van der Waals surface area contributed by atoms with Crippen molar-refractivity contribution in [3.8, 4) is 22.3 Å². The Morgan fingerprint density at radius 1 is 0.476 bits per heavy atom. The second-order valence-electron chi connectivity index (χ2n) is 4.57. The highest BCUT2D eigenvalue weighted by atomic mass is 14.5. The molecule has 106 valence electrons. The van der Waals surface area contributed by atoms with E-state index in [-0.39, 0.29) is 0 Å². The third-order valence-electron chi connectivity index (χ3n) is 3.24. The number of rotatable bonds is 2. The molecule has 0 amide bonds. The molecule has 0 aliphatic heterocycles. The molecule has 2 N–H and O–H groups in total. The average Bonchev–Trinajstić information content (AvgIpc) is 2.58. The van der Waals surface area contributed by atoms with E-state index in [1.165, 1.54) is 22.3 Å². The fraction of sp³-hybridized carbons (Fsp3) is 0.100. The third-order valence-corrected chi connectivity index (χ3v) is 3.24. The number of nitrogen functional groups attached to an aromatic ring is 1. The average molecular weight is 275 g/mol. The largest absolute Gasteiger partial charge is 0.399 e. The Balaban J connectivity index is 0.000000774. The van der Waals surface area contributed by atoms with Gasteiger partial charge in [-0.15, -0.1) is 0 Å². The van der Waals surface area contributed by atoms with Gasteiger partial charge in [-0.3, -0.25) is 0 Å². The minimum absolute atomic E-state index is 0.796. The molecule has 3 aromatic rings. The zero-order valence-corrected chi connectivity index (χ0v) is 12.6. The molecule has 0 spiro atoms. The standard InChI is InChI=1S/C18H15N.C2H6/c19-18-12-10-17(11-13-18)16-8-6-15(7-9-16)14-4-2-1-3-5-14;1-2/h1-13H,19H2;1-2H3. The lowest BCUT2D eigenvalue weighted by molar-refractivity contribution is 1.50. The Labute approximate surface area is 127 Å². The van der Waals surface area contributed by atoms with E-state index < -0.39 is 0 Å². The zero-order valence-electron chi connectivity index (χ0n) is 12.6. The van der Waals surface area contributed by atoms with E-state index in [4.69, 9.17) is 5.73 Å². The van der Waals surface area contributed by atoms with Crippen LogP contribution >= 0.6 is 0 Å². The van der Waals surface area contributed by atoms with Crippen molar-refractivity contribution in [1.29, 1.82) is 0 Å². The molecule has 0 radical (unpaired) electrons. The molecule has 0 unspecified atom stereocenters. The Morgan fingerprint density at radius 3 is 1.24 bits per heavy atom. The normalized spacial score (nSPS) is 9.62. The molecule has 0 heterocycles. The molecule has 0 aromatic heterocycles. The predicted octanol–water partition coefficient (Wildman–Crippen LogP) is 5.63. The van der Waals surface area contributed by atoms with E-state index in [0.717, 1.165) is 5.69 Å². The molecule has 3 rings (SSSR count). The van der Waals surface area contributed by atoms with E-state index >= 15 is 0 Å². The van der Waals surface area contributed by atoms with Crippen molar-refractivity contribution in [2.75, 3.05) is 5.73 Å². The Bertz CT molecular complexity index is 652. The highest BCUT2D eigenvalue weighted by molar-refractivity contribution is 5.71. The van der Waals surface area contributed by atoms with Gasteiger partial charge in [-0.2, -0.15) is 0 Å². The zero-order chi connectivity index (χ0) is 15.1. The molecule has 0 aliphatic rings. The lowest BCUT2D eigenvalue weighted by Gasteiger charge is -2.05. The first kappa shape index (κ1) is 14.9. The lowest BCUT2D eigenvalue weighted by atomic mass is 10.0. The number of hydrogen-bond acceptors (Lipinski definition) is 1. The van der Waals surface area contributed by atoms with Crippen molar-refractivity contribution in [3.05, 3.63) is 78.9 Å². The summed E-state index contributed by atoms with van der Waals surface area (Å²) in [6.45, 7) is 4.00. The summed E-state index contributed by atoms with van der Waals surface area (Å²) in [6, 6.07) is 27.0. The predicted molar refractivity (Wildman–Crippen MR) is 93.1 cm³/mol. The quantitative estimate of drug-likeness (QED) is 0.603. The van der Waals surface area contributed by atoms with Crippen LogP contribution in [0.3, 0.4) is 0 Å². The van der Waals surface area contributed by atoms with E-state index in [9.17, 15) is 0 Å². The van der Waals surface area contributed by atoms with Crippen molar-refractivity contribution in [3.63, 3.8) is 0 Å². The molecule has 0 atom stereocenters. The molecule has 0 bridgehead atoms. The Hall–Kier alpha value is -2.54. The van der Waals surface area contributed by atoms with E-state index in [2.05, 4.69) is 48.5 Å². The van der Waals surface area contributed by atoms with Gasteiger partial charge in [-0.25, -0.2) is 0 Å². The van der Waals surface area contributed by atoms with Gasteiger partial charge in [0.25, 0.3) is 0 Å². The molecule has 0 aliphatic carbocycles. The van der Waals surface area contributed by atoms with Gasteiger partial charge < -0.3 is 5.73 Å². The van der Waals surface area contributed by atoms with Gasteiger partial charge in [-0.1, -0.05) is 80.6 Å².